The summed E-state index contributed by atoms with van der Waals surface area (Å²) < 4.78 is 0. The van der Waals surface area contributed by atoms with Crippen LogP contribution in [0.4, 0.5) is 0 Å². The van der Waals surface area contributed by atoms with Gasteiger partial charge in [-0.2, -0.15) is 0 Å². The quantitative estimate of drug-likeness (QED) is 0.0875. The Balaban J connectivity index is 0.000000119. The zero-order valence-corrected chi connectivity index (χ0v) is 76.4. The number of aryl methyl sites for hydroxylation is 6. The first kappa shape index (κ1) is 85.2. The van der Waals surface area contributed by atoms with Gasteiger partial charge in [0.25, 0.3) is 0 Å². The molecule has 0 amide bonds. The van der Waals surface area contributed by atoms with Crippen LogP contribution in [0.5, 0.6) is 0 Å². The molecule has 24 aromatic rings. The highest BCUT2D eigenvalue weighted by Gasteiger charge is 2.22. The van der Waals surface area contributed by atoms with Crippen LogP contribution >= 0.6 is 0 Å². The molecule has 0 fully saturated rings. The van der Waals surface area contributed by atoms with Crippen molar-refractivity contribution in [3.63, 3.8) is 0 Å². The molecule has 0 spiro atoms. The third-order valence-electron chi connectivity index (χ3n) is 24.7. The molecule has 16 nitrogen and oxygen atoms in total. The molecule has 0 saturated heterocycles. The molecule has 24 rings (SSSR count). The number of pyridine rings is 9. The van der Waals surface area contributed by atoms with Crippen molar-refractivity contribution in [3.05, 3.63) is 447 Å². The number of aromatic nitrogens is 16. The highest BCUT2D eigenvalue weighted by atomic mass is 15.0. The first-order valence-electron chi connectivity index (χ1n) is 45.9. The van der Waals surface area contributed by atoms with Crippen molar-refractivity contribution in [1.29, 1.82) is 0 Å². The van der Waals surface area contributed by atoms with Crippen molar-refractivity contribution in [2.75, 3.05) is 0 Å². The third-order valence-corrected chi connectivity index (χ3v) is 24.7. The molecule has 0 bridgehead atoms. The van der Waals surface area contributed by atoms with Gasteiger partial charge in [-0.05, 0) is 213 Å². The van der Waals surface area contributed by atoms with Gasteiger partial charge in [-0.15, -0.1) is 0 Å². The number of hydrogen-bond donors (Lipinski definition) is 0. The molecule has 16 heteroatoms. The SMILES string of the molecule is Cc1ccc2ccc3cc(C)c(-c4cccc(-c5cccc(-c6cc(-c7ccccn7)nc(-c7ccccc7)n6)c5)c4)nc3c2n1.Cc1ccc2ccc3cc(C)c(-c4cccc(-c5cccc(-c6nc(-c7ccccc7)cc(-c7ccccn7)n6)c5)c4)nc3c2n1.Cc1ccc2ccc3cc(C)c(-c4cccc(-c5cccc(-c6nc(-c7ccccc7)nc(-c7ccccn7)n6)c5)c4)nc3c2n1. The highest BCUT2D eigenvalue weighted by molar-refractivity contribution is 6.07. The van der Waals surface area contributed by atoms with Crippen LogP contribution < -0.4 is 0 Å². The van der Waals surface area contributed by atoms with Gasteiger partial charge in [0.1, 0.15) is 5.69 Å². The summed E-state index contributed by atoms with van der Waals surface area (Å²) in [5.41, 5.74) is 35.8. The Morgan fingerprint density at radius 3 is 0.761 bits per heavy atom. The first-order valence-corrected chi connectivity index (χ1v) is 45.9. The topological polar surface area (TPSA) is 206 Å². The summed E-state index contributed by atoms with van der Waals surface area (Å²) in [6.45, 7) is 12.4. The van der Waals surface area contributed by atoms with Crippen LogP contribution in [0, 0.1) is 41.5 Å². The Bertz CT molecular complexity index is 7790. The van der Waals surface area contributed by atoms with E-state index in [9.17, 15) is 0 Å². The lowest BCUT2D eigenvalue weighted by Gasteiger charge is -2.12. The molecule has 0 N–H and O–H groups in total. The highest BCUT2D eigenvalue weighted by Crippen LogP contribution is 2.40. The fraction of sp³-hybridized carbons (Fsp3) is 0.0492. The van der Waals surface area contributed by atoms with Crippen LogP contribution in [0.1, 0.15) is 33.8 Å². The molecule has 0 aliphatic heterocycles. The van der Waals surface area contributed by atoms with E-state index < -0.39 is 0 Å². The van der Waals surface area contributed by atoms with Crippen molar-refractivity contribution in [3.8, 4) is 170 Å². The Labute approximate surface area is 797 Å². The minimum Gasteiger partial charge on any atom is -0.255 e. The van der Waals surface area contributed by atoms with Gasteiger partial charge in [0, 0.05) is 118 Å². The summed E-state index contributed by atoms with van der Waals surface area (Å²) in [6, 6.07) is 135. The largest absolute Gasteiger partial charge is 0.255 e. The Hall–Kier alpha value is -18.3. The van der Waals surface area contributed by atoms with Crippen molar-refractivity contribution in [2.45, 2.75) is 41.5 Å². The lowest BCUT2D eigenvalue weighted by Crippen LogP contribution is -2.01. The van der Waals surface area contributed by atoms with Gasteiger partial charge in [0.05, 0.1) is 84.3 Å². The van der Waals surface area contributed by atoms with E-state index in [1.54, 1.807) is 18.6 Å². The summed E-state index contributed by atoms with van der Waals surface area (Å²) in [7, 11) is 0. The molecule has 0 radical (unpaired) electrons. The summed E-state index contributed by atoms with van der Waals surface area (Å²) >= 11 is 0. The van der Waals surface area contributed by atoms with Crippen LogP contribution in [0.3, 0.4) is 0 Å². The maximum atomic E-state index is 5.21. The minimum atomic E-state index is 0.534. The number of fused-ring (bicyclic) bond motifs is 9. The predicted octanol–water partition coefficient (Wildman–Crippen LogP) is 29.2. The molecular weight excluding hydrogens is 1690 g/mol. The second kappa shape index (κ2) is 37.4. The van der Waals surface area contributed by atoms with Gasteiger partial charge >= 0.3 is 0 Å². The second-order valence-electron chi connectivity index (χ2n) is 34.4. The summed E-state index contributed by atoms with van der Waals surface area (Å²) in [6.07, 6.45) is 5.33. The van der Waals surface area contributed by atoms with E-state index in [2.05, 4.69) is 254 Å². The van der Waals surface area contributed by atoms with Crippen LogP contribution in [0.25, 0.3) is 235 Å². The van der Waals surface area contributed by atoms with Gasteiger partial charge < -0.3 is 0 Å². The smallest absolute Gasteiger partial charge is 0.182 e. The first-order chi connectivity index (χ1) is 67.8. The number of nitrogens with zero attached hydrogens (tertiary/aromatic N) is 16. The number of hydrogen-bond acceptors (Lipinski definition) is 16. The molecule has 654 valence electrons. The monoisotopic (exact) mass is 1770 g/mol. The van der Waals surface area contributed by atoms with E-state index in [4.69, 9.17) is 64.8 Å². The molecule has 0 atom stereocenters. The third kappa shape index (κ3) is 17.9. The van der Waals surface area contributed by atoms with Crippen LogP contribution in [0.15, 0.2) is 413 Å². The molecule has 0 unspecified atom stereocenters. The molecule has 12 heterocycles. The van der Waals surface area contributed by atoms with Crippen LogP contribution in [-0.4, -0.2) is 79.7 Å². The maximum absolute atomic E-state index is 5.21. The van der Waals surface area contributed by atoms with E-state index in [1.807, 2.05) is 197 Å². The van der Waals surface area contributed by atoms with Gasteiger partial charge in [0.2, 0.25) is 0 Å². The van der Waals surface area contributed by atoms with Crippen molar-refractivity contribution in [1.82, 2.24) is 79.7 Å². The average molecular weight is 1780 g/mol. The number of rotatable bonds is 15. The van der Waals surface area contributed by atoms with Crippen molar-refractivity contribution in [2.24, 2.45) is 0 Å². The van der Waals surface area contributed by atoms with Gasteiger partial charge in [-0.3, -0.25) is 29.9 Å². The maximum Gasteiger partial charge on any atom is 0.182 e. The van der Waals surface area contributed by atoms with E-state index >= 15 is 0 Å². The summed E-state index contributed by atoms with van der Waals surface area (Å²) in [5.74, 6) is 3.05. The summed E-state index contributed by atoms with van der Waals surface area (Å²) in [5, 5.41) is 6.56. The molecule has 0 aliphatic carbocycles. The van der Waals surface area contributed by atoms with Crippen LogP contribution in [0.2, 0.25) is 0 Å². The molecule has 12 aromatic heterocycles. The predicted molar refractivity (Wildman–Crippen MR) is 559 cm³/mol. The zero-order chi connectivity index (χ0) is 93.1. The summed E-state index contributed by atoms with van der Waals surface area (Å²) in [4.78, 5) is 78.2. The van der Waals surface area contributed by atoms with Crippen LogP contribution in [-0.2, 0) is 0 Å². The van der Waals surface area contributed by atoms with Crippen molar-refractivity contribution >= 4 is 65.4 Å². The normalized spacial score (nSPS) is 11.3. The molecule has 12 aromatic carbocycles. The zero-order valence-electron chi connectivity index (χ0n) is 76.4. The van der Waals surface area contributed by atoms with Gasteiger partial charge in [0.15, 0.2) is 29.1 Å². The van der Waals surface area contributed by atoms with Crippen molar-refractivity contribution < 1.29 is 0 Å². The second-order valence-corrected chi connectivity index (χ2v) is 34.4. The van der Waals surface area contributed by atoms with E-state index in [0.717, 1.165) is 234 Å². The lowest BCUT2D eigenvalue weighted by atomic mass is 9.97. The Morgan fingerprint density at radius 1 is 0.138 bits per heavy atom. The number of benzene rings is 12. The fourth-order valence-electron chi connectivity index (χ4n) is 17.8. The van der Waals surface area contributed by atoms with E-state index in [-0.39, 0.29) is 0 Å². The fourth-order valence-corrected chi connectivity index (χ4v) is 17.8. The van der Waals surface area contributed by atoms with E-state index in [0.29, 0.717) is 34.8 Å². The Kier molecular flexibility index (Phi) is 23.1. The molecule has 138 heavy (non-hydrogen) atoms. The standard InChI is InChI=1S/2C41H29N5.C40H28N6/c1-26-22-34-20-19-28-18-17-27(2)43-39(28)40(34)46-38(26)33-15-9-13-31(24-33)30-12-8-14-32(23-30)36-25-37(35-16-6-7-21-42-35)45-41(44-36)29-10-4-3-5-11-29;1-26-22-33-20-19-29-18-17-27(2)43-39(29)40(33)46-38(26)32-14-8-12-30(23-32)31-13-9-15-34(24-31)41-44-36(28-10-4-3-5-11-28)25-37(45-41)35-16-6-7-21-42-35;1-25-22-32-20-19-27-18-17-26(2)42-36(27)37(32)43-35(25)31-14-8-12-29(23-31)30-13-9-15-33(24-30)39-44-38(28-10-4-3-5-11-28)45-40(46-39)34-16-6-7-21-41-34/h2*3-25H,1-2H3;3-24H,1-2H3. The minimum absolute atomic E-state index is 0.534. The Morgan fingerprint density at radius 2 is 0.391 bits per heavy atom. The average Bonchev–Trinajstić information content (AvgIpc) is 0.765. The van der Waals surface area contributed by atoms with Gasteiger partial charge in [-0.1, -0.05) is 273 Å². The van der Waals surface area contributed by atoms with E-state index in [1.165, 1.54) is 0 Å². The molecular formula is C122H86N16. The molecule has 0 aliphatic rings. The molecule has 0 saturated carbocycles. The van der Waals surface area contributed by atoms with Gasteiger partial charge in [-0.25, -0.2) is 49.8 Å². The lowest BCUT2D eigenvalue weighted by molar-refractivity contribution is 1.06.